The molecule has 2 N–H and O–H groups in total. The lowest BCUT2D eigenvalue weighted by Crippen LogP contribution is -2.29. The van der Waals surface area contributed by atoms with Gasteiger partial charge in [-0.15, -0.1) is 0 Å². The van der Waals surface area contributed by atoms with Crippen LogP contribution in [0.4, 0.5) is 0 Å². The number of allylic oxidation sites excluding steroid dienone is 2. The van der Waals surface area contributed by atoms with Crippen molar-refractivity contribution in [2.24, 2.45) is 0 Å². The number of aliphatic carboxylic acids is 1. The Balaban J connectivity index is 1.45. The molecule has 4 rings (SSSR count). The van der Waals surface area contributed by atoms with Crippen molar-refractivity contribution >= 4 is 17.4 Å². The monoisotopic (exact) mass is 441 g/mol. The van der Waals surface area contributed by atoms with Crippen molar-refractivity contribution in [2.45, 2.75) is 31.7 Å². The number of ether oxygens (including phenoxy) is 1. The number of carbonyl (C=O) groups is 2. The lowest BCUT2D eigenvalue weighted by Gasteiger charge is -2.22. The number of fused-ring (bicyclic) bond motifs is 1. The molecule has 5 nitrogen and oxygen atoms in total. The van der Waals surface area contributed by atoms with Gasteiger partial charge in [0.2, 0.25) is 5.91 Å². The van der Waals surface area contributed by atoms with E-state index in [1.54, 1.807) is 0 Å². The minimum Gasteiger partial charge on any atom is -0.482 e. The molecule has 0 unspecified atom stereocenters. The number of benzene rings is 3. The highest BCUT2D eigenvalue weighted by atomic mass is 16.5. The summed E-state index contributed by atoms with van der Waals surface area (Å²) in [7, 11) is 0. The number of hydrogen-bond acceptors (Lipinski definition) is 3. The summed E-state index contributed by atoms with van der Waals surface area (Å²) < 4.78 is 5.48. The number of nitrogens with one attached hydrogen (secondary N) is 1. The van der Waals surface area contributed by atoms with Gasteiger partial charge in [0.05, 0.1) is 6.04 Å². The van der Waals surface area contributed by atoms with Crippen molar-refractivity contribution in [2.75, 3.05) is 6.61 Å². The average Bonchev–Trinajstić information content (AvgIpc) is 2.85. The molecule has 0 saturated heterocycles. The van der Waals surface area contributed by atoms with Gasteiger partial charge in [-0.1, -0.05) is 78.9 Å². The van der Waals surface area contributed by atoms with Crippen LogP contribution in [0, 0.1) is 0 Å². The Kier molecular flexibility index (Phi) is 7.20. The summed E-state index contributed by atoms with van der Waals surface area (Å²) in [4.78, 5) is 23.9. The number of amides is 1. The summed E-state index contributed by atoms with van der Waals surface area (Å²) in [5.41, 5.74) is 5.24. The fourth-order valence-electron chi connectivity index (χ4n) is 4.27. The minimum absolute atomic E-state index is 0.0148. The van der Waals surface area contributed by atoms with Crippen LogP contribution in [0.2, 0.25) is 0 Å². The Bertz CT molecular complexity index is 1100. The molecular weight excluding hydrogens is 414 g/mol. The molecule has 3 aromatic rings. The second kappa shape index (κ2) is 10.6. The molecule has 168 valence electrons. The van der Waals surface area contributed by atoms with Gasteiger partial charge in [0.25, 0.3) is 0 Å². The van der Waals surface area contributed by atoms with Crippen LogP contribution in [0.15, 0.2) is 84.9 Å². The number of rotatable bonds is 9. The maximum absolute atomic E-state index is 13.0. The Morgan fingerprint density at radius 2 is 1.58 bits per heavy atom. The molecule has 5 heteroatoms. The van der Waals surface area contributed by atoms with Crippen LogP contribution in [-0.2, 0) is 16.0 Å². The van der Waals surface area contributed by atoms with E-state index in [1.807, 2.05) is 78.9 Å². The van der Waals surface area contributed by atoms with E-state index in [1.165, 1.54) is 0 Å². The Labute approximate surface area is 193 Å². The summed E-state index contributed by atoms with van der Waals surface area (Å²) in [6, 6.07) is 25.4. The molecule has 0 saturated carbocycles. The van der Waals surface area contributed by atoms with Crippen LogP contribution in [-0.4, -0.2) is 23.6 Å². The van der Waals surface area contributed by atoms with Gasteiger partial charge in [0.1, 0.15) is 5.75 Å². The third-order valence-electron chi connectivity index (χ3n) is 5.81. The summed E-state index contributed by atoms with van der Waals surface area (Å²) in [6.07, 6.45) is 4.78. The highest BCUT2D eigenvalue weighted by Gasteiger charge is 2.20. The van der Waals surface area contributed by atoms with Crippen molar-refractivity contribution in [1.29, 1.82) is 0 Å². The van der Waals surface area contributed by atoms with Crippen LogP contribution in [0.5, 0.6) is 5.75 Å². The standard InChI is InChI=1S/C28H27NO4/c30-26(29-28(21-9-3-1-4-10-21)22-11-5-2-6-12-22)18-17-20-13-7-15-24-23(20)14-8-16-25(24)33-19-27(31)32/h1-6,8-14,16,28H,7,15,17-19H2,(H,29,30)(H,31,32). The molecule has 0 aliphatic heterocycles. The van der Waals surface area contributed by atoms with E-state index in [9.17, 15) is 9.59 Å². The van der Waals surface area contributed by atoms with Crippen LogP contribution in [0.1, 0.15) is 47.6 Å². The first-order valence-electron chi connectivity index (χ1n) is 11.2. The highest BCUT2D eigenvalue weighted by molar-refractivity contribution is 5.81. The second-order valence-corrected chi connectivity index (χ2v) is 8.05. The Morgan fingerprint density at radius 3 is 2.21 bits per heavy atom. The molecule has 33 heavy (non-hydrogen) atoms. The predicted octanol–water partition coefficient (Wildman–Crippen LogP) is 5.17. The lowest BCUT2D eigenvalue weighted by atomic mass is 9.87. The van der Waals surface area contributed by atoms with E-state index in [2.05, 4.69) is 11.4 Å². The number of carboxylic acids is 1. The molecule has 1 aliphatic carbocycles. The molecule has 0 spiro atoms. The first-order chi connectivity index (χ1) is 16.1. The van der Waals surface area contributed by atoms with Crippen molar-refractivity contribution in [1.82, 2.24) is 5.32 Å². The van der Waals surface area contributed by atoms with E-state index in [0.29, 0.717) is 18.6 Å². The Morgan fingerprint density at radius 1 is 0.909 bits per heavy atom. The summed E-state index contributed by atoms with van der Waals surface area (Å²) in [5, 5.41) is 12.1. The summed E-state index contributed by atoms with van der Waals surface area (Å²) >= 11 is 0. The predicted molar refractivity (Wildman–Crippen MR) is 128 cm³/mol. The largest absolute Gasteiger partial charge is 0.482 e. The fourth-order valence-corrected chi connectivity index (χ4v) is 4.27. The molecule has 1 amide bonds. The normalized spacial score (nSPS) is 12.6. The quantitative estimate of drug-likeness (QED) is 0.481. The molecular formula is C28H27NO4. The molecule has 3 aromatic carbocycles. The van der Waals surface area contributed by atoms with Crippen molar-refractivity contribution < 1.29 is 19.4 Å². The highest BCUT2D eigenvalue weighted by Crippen LogP contribution is 2.35. The summed E-state index contributed by atoms with van der Waals surface area (Å²) in [5.74, 6) is -0.403. The van der Waals surface area contributed by atoms with Crippen LogP contribution in [0.3, 0.4) is 0 Å². The van der Waals surface area contributed by atoms with Crippen molar-refractivity contribution in [3.05, 3.63) is 107 Å². The fraction of sp³-hybridized carbons (Fsp3) is 0.214. The SMILES string of the molecule is O=C(O)COc1cccc2c1CCC=C2CCC(=O)NC(c1ccccc1)c1ccccc1. The van der Waals surface area contributed by atoms with Gasteiger partial charge < -0.3 is 15.2 Å². The van der Waals surface area contributed by atoms with E-state index < -0.39 is 5.97 Å². The van der Waals surface area contributed by atoms with Gasteiger partial charge in [0.15, 0.2) is 6.61 Å². The van der Waals surface area contributed by atoms with Gasteiger partial charge in [0, 0.05) is 12.0 Å². The third kappa shape index (κ3) is 5.69. The van der Waals surface area contributed by atoms with E-state index in [0.717, 1.165) is 40.7 Å². The van der Waals surface area contributed by atoms with E-state index in [-0.39, 0.29) is 18.6 Å². The number of carbonyl (C=O) groups excluding carboxylic acids is 1. The Hall–Kier alpha value is -3.86. The maximum Gasteiger partial charge on any atom is 0.341 e. The van der Waals surface area contributed by atoms with Crippen LogP contribution < -0.4 is 10.1 Å². The molecule has 0 bridgehead atoms. The van der Waals surface area contributed by atoms with Gasteiger partial charge in [-0.2, -0.15) is 0 Å². The van der Waals surface area contributed by atoms with Gasteiger partial charge in [-0.3, -0.25) is 4.79 Å². The molecule has 0 fully saturated rings. The van der Waals surface area contributed by atoms with Crippen molar-refractivity contribution in [3.63, 3.8) is 0 Å². The molecule has 0 radical (unpaired) electrons. The zero-order chi connectivity index (χ0) is 23.0. The second-order valence-electron chi connectivity index (χ2n) is 8.05. The zero-order valence-electron chi connectivity index (χ0n) is 18.4. The minimum atomic E-state index is -0.998. The lowest BCUT2D eigenvalue weighted by molar-refractivity contribution is -0.139. The number of carboxylic acid groups (broad SMARTS) is 1. The van der Waals surface area contributed by atoms with E-state index in [4.69, 9.17) is 9.84 Å². The van der Waals surface area contributed by atoms with Crippen LogP contribution in [0.25, 0.3) is 5.57 Å². The maximum atomic E-state index is 13.0. The third-order valence-corrected chi connectivity index (χ3v) is 5.81. The molecule has 1 aliphatic rings. The first-order valence-corrected chi connectivity index (χ1v) is 11.2. The molecule has 0 atom stereocenters. The zero-order valence-corrected chi connectivity index (χ0v) is 18.4. The van der Waals surface area contributed by atoms with E-state index >= 15 is 0 Å². The summed E-state index contributed by atoms with van der Waals surface area (Å²) in [6.45, 7) is -0.363. The average molecular weight is 442 g/mol. The number of hydrogen-bond donors (Lipinski definition) is 2. The first kappa shape index (κ1) is 22.3. The van der Waals surface area contributed by atoms with Gasteiger partial charge >= 0.3 is 5.97 Å². The van der Waals surface area contributed by atoms with Gasteiger partial charge in [-0.25, -0.2) is 4.79 Å². The van der Waals surface area contributed by atoms with Gasteiger partial charge in [-0.05, 0) is 47.6 Å². The molecule has 0 aromatic heterocycles. The molecule has 0 heterocycles. The smallest absolute Gasteiger partial charge is 0.341 e. The van der Waals surface area contributed by atoms with Crippen molar-refractivity contribution in [3.8, 4) is 5.75 Å². The van der Waals surface area contributed by atoms with Crippen LogP contribution >= 0.6 is 0 Å². The topological polar surface area (TPSA) is 75.6 Å².